The zero-order valence-electron chi connectivity index (χ0n) is 14.8. The number of anilines is 2. The van der Waals surface area contributed by atoms with Gasteiger partial charge in [-0.25, -0.2) is 9.98 Å². The first-order valence-electron chi connectivity index (χ1n) is 8.54. The Morgan fingerprint density at radius 3 is 2.80 bits per heavy atom. The van der Waals surface area contributed by atoms with Crippen LogP contribution in [-0.4, -0.2) is 37.2 Å². The van der Waals surface area contributed by atoms with E-state index in [0.717, 1.165) is 43.4 Å². The zero-order chi connectivity index (χ0) is 17.6. The number of pyridine rings is 1. The quantitative estimate of drug-likeness (QED) is 0.661. The van der Waals surface area contributed by atoms with Crippen molar-refractivity contribution in [3.05, 3.63) is 53.2 Å². The average molecular weight is 339 g/mol. The Labute approximate surface area is 148 Å². The highest BCUT2D eigenvalue weighted by Crippen LogP contribution is 2.19. The van der Waals surface area contributed by atoms with Crippen LogP contribution in [0.1, 0.15) is 16.7 Å². The van der Waals surface area contributed by atoms with Crippen molar-refractivity contribution in [2.45, 2.75) is 20.4 Å². The van der Waals surface area contributed by atoms with E-state index in [1.165, 1.54) is 11.1 Å². The van der Waals surface area contributed by atoms with Gasteiger partial charge in [0.25, 0.3) is 0 Å². The van der Waals surface area contributed by atoms with Crippen molar-refractivity contribution in [2.24, 2.45) is 10.7 Å². The van der Waals surface area contributed by atoms with Gasteiger partial charge in [0.15, 0.2) is 5.96 Å². The van der Waals surface area contributed by atoms with E-state index < -0.39 is 0 Å². The lowest BCUT2D eigenvalue weighted by Crippen LogP contribution is -2.37. The highest BCUT2D eigenvalue weighted by molar-refractivity contribution is 5.92. The van der Waals surface area contributed by atoms with E-state index in [4.69, 9.17) is 10.5 Å². The summed E-state index contributed by atoms with van der Waals surface area (Å²) in [5, 5.41) is 3.15. The molecule has 1 aromatic heterocycles. The molecular formula is C19H25N5O. The van der Waals surface area contributed by atoms with Crippen LogP contribution in [-0.2, 0) is 11.3 Å². The number of aromatic nitrogens is 1. The van der Waals surface area contributed by atoms with Gasteiger partial charge in [0, 0.05) is 30.5 Å². The first-order valence-corrected chi connectivity index (χ1v) is 8.54. The number of guanidine groups is 1. The van der Waals surface area contributed by atoms with Gasteiger partial charge in [-0.05, 0) is 43.2 Å². The van der Waals surface area contributed by atoms with Gasteiger partial charge in [-0.1, -0.05) is 12.1 Å². The summed E-state index contributed by atoms with van der Waals surface area (Å²) in [6, 6.07) is 10.1. The third-order valence-corrected chi connectivity index (χ3v) is 4.38. The number of aryl methyl sites for hydroxylation is 2. The van der Waals surface area contributed by atoms with E-state index in [2.05, 4.69) is 46.2 Å². The Morgan fingerprint density at radius 1 is 1.24 bits per heavy atom. The Morgan fingerprint density at radius 2 is 2.04 bits per heavy atom. The maximum atomic E-state index is 6.06. The molecule has 1 aliphatic heterocycles. The molecule has 0 amide bonds. The molecule has 6 heteroatoms. The lowest BCUT2D eigenvalue weighted by atomic mass is 10.1. The van der Waals surface area contributed by atoms with E-state index in [-0.39, 0.29) is 0 Å². The smallest absolute Gasteiger partial charge is 0.193 e. The summed E-state index contributed by atoms with van der Waals surface area (Å²) in [5.41, 5.74) is 10.5. The average Bonchev–Trinajstić information content (AvgIpc) is 2.64. The molecule has 0 bridgehead atoms. The van der Waals surface area contributed by atoms with E-state index >= 15 is 0 Å². The first kappa shape index (κ1) is 17.2. The largest absolute Gasteiger partial charge is 0.378 e. The third-order valence-electron chi connectivity index (χ3n) is 4.38. The first-order chi connectivity index (χ1) is 12.1. The molecule has 6 nitrogen and oxygen atoms in total. The second-order valence-electron chi connectivity index (χ2n) is 6.21. The van der Waals surface area contributed by atoms with Gasteiger partial charge < -0.3 is 20.7 Å². The fraction of sp³-hybridized carbons (Fsp3) is 0.368. The normalized spacial score (nSPS) is 15.3. The molecule has 0 spiro atoms. The summed E-state index contributed by atoms with van der Waals surface area (Å²) in [5.74, 6) is 1.37. The number of nitrogens with one attached hydrogen (secondary N) is 1. The monoisotopic (exact) mass is 339 g/mol. The summed E-state index contributed by atoms with van der Waals surface area (Å²) in [4.78, 5) is 11.2. The highest BCUT2D eigenvalue weighted by Gasteiger charge is 2.15. The maximum absolute atomic E-state index is 6.06. The molecule has 2 aromatic rings. The predicted octanol–water partition coefficient (Wildman–Crippen LogP) is 2.46. The van der Waals surface area contributed by atoms with Gasteiger partial charge in [0.05, 0.1) is 19.8 Å². The van der Waals surface area contributed by atoms with Crippen LogP contribution in [0.4, 0.5) is 11.5 Å². The Bertz CT molecular complexity index is 753. The van der Waals surface area contributed by atoms with E-state index in [1.807, 2.05) is 24.4 Å². The van der Waals surface area contributed by atoms with Gasteiger partial charge in [-0.3, -0.25) is 0 Å². The van der Waals surface area contributed by atoms with Crippen molar-refractivity contribution in [2.75, 3.05) is 36.5 Å². The molecule has 1 aliphatic rings. The van der Waals surface area contributed by atoms with Gasteiger partial charge in [0.1, 0.15) is 5.82 Å². The van der Waals surface area contributed by atoms with Gasteiger partial charge in [0.2, 0.25) is 0 Å². The van der Waals surface area contributed by atoms with Crippen molar-refractivity contribution in [3.63, 3.8) is 0 Å². The molecular weight excluding hydrogens is 314 g/mol. The fourth-order valence-corrected chi connectivity index (χ4v) is 2.79. The summed E-state index contributed by atoms with van der Waals surface area (Å²) < 4.78 is 5.42. The number of hydrogen-bond acceptors (Lipinski definition) is 4. The molecule has 2 heterocycles. The lowest BCUT2D eigenvalue weighted by molar-refractivity contribution is 0.122. The van der Waals surface area contributed by atoms with Gasteiger partial charge in [-0.2, -0.15) is 0 Å². The van der Waals surface area contributed by atoms with E-state index in [9.17, 15) is 0 Å². The van der Waals surface area contributed by atoms with Crippen LogP contribution in [0, 0.1) is 13.8 Å². The van der Waals surface area contributed by atoms with Crippen molar-refractivity contribution in [1.82, 2.24) is 4.98 Å². The summed E-state index contributed by atoms with van der Waals surface area (Å²) in [6.07, 6.45) is 1.81. The molecule has 1 fully saturated rings. The summed E-state index contributed by atoms with van der Waals surface area (Å²) in [6.45, 7) is 7.83. The number of nitrogens with zero attached hydrogens (tertiary/aromatic N) is 3. The maximum Gasteiger partial charge on any atom is 0.193 e. The second-order valence-corrected chi connectivity index (χ2v) is 6.21. The predicted molar refractivity (Wildman–Crippen MR) is 102 cm³/mol. The van der Waals surface area contributed by atoms with Crippen LogP contribution in [0.5, 0.6) is 0 Å². The van der Waals surface area contributed by atoms with Crippen LogP contribution in [0.2, 0.25) is 0 Å². The van der Waals surface area contributed by atoms with Crippen molar-refractivity contribution in [1.29, 1.82) is 0 Å². The molecule has 0 atom stereocenters. The fourth-order valence-electron chi connectivity index (χ4n) is 2.79. The molecule has 1 saturated heterocycles. The minimum Gasteiger partial charge on any atom is -0.378 e. The molecule has 132 valence electrons. The summed E-state index contributed by atoms with van der Waals surface area (Å²) in [7, 11) is 0. The topological polar surface area (TPSA) is 75.8 Å². The number of ether oxygens (including phenoxy) is 1. The minimum atomic E-state index is 0.403. The second kappa shape index (κ2) is 7.98. The molecule has 3 N–H and O–H groups in total. The van der Waals surface area contributed by atoms with Crippen LogP contribution in [0.15, 0.2) is 41.5 Å². The van der Waals surface area contributed by atoms with Crippen molar-refractivity contribution >= 4 is 17.5 Å². The number of benzene rings is 1. The Kier molecular flexibility index (Phi) is 5.50. The van der Waals surface area contributed by atoms with Gasteiger partial charge in [-0.15, -0.1) is 0 Å². The molecule has 0 saturated carbocycles. The Hall–Kier alpha value is -2.60. The highest BCUT2D eigenvalue weighted by atomic mass is 16.5. The molecule has 25 heavy (non-hydrogen) atoms. The van der Waals surface area contributed by atoms with Crippen molar-refractivity contribution in [3.8, 4) is 0 Å². The minimum absolute atomic E-state index is 0.403. The zero-order valence-corrected chi connectivity index (χ0v) is 14.8. The molecule has 3 rings (SSSR count). The van der Waals surface area contributed by atoms with E-state index in [0.29, 0.717) is 12.5 Å². The number of morpholine rings is 1. The van der Waals surface area contributed by atoms with Crippen LogP contribution >= 0.6 is 0 Å². The number of nitrogens with two attached hydrogens (primary N) is 1. The molecule has 0 aliphatic carbocycles. The van der Waals surface area contributed by atoms with Crippen LogP contribution in [0.25, 0.3) is 0 Å². The number of aliphatic imine (C=N–C) groups is 1. The third kappa shape index (κ3) is 4.48. The van der Waals surface area contributed by atoms with Crippen molar-refractivity contribution < 1.29 is 4.74 Å². The number of rotatable bonds is 4. The summed E-state index contributed by atoms with van der Waals surface area (Å²) >= 11 is 0. The van der Waals surface area contributed by atoms with Gasteiger partial charge >= 0.3 is 0 Å². The van der Waals surface area contributed by atoms with Crippen LogP contribution in [0.3, 0.4) is 0 Å². The van der Waals surface area contributed by atoms with E-state index in [1.54, 1.807) is 0 Å². The molecule has 0 radical (unpaired) electrons. The van der Waals surface area contributed by atoms with Crippen LogP contribution < -0.4 is 16.0 Å². The Balaban J connectivity index is 1.69. The SMILES string of the molecule is Cc1ccc(NC(N)=NCc2cccnc2N2CCOCC2)cc1C. The molecule has 0 unspecified atom stereocenters. The standard InChI is InChI=1S/C19H25N5O/c1-14-5-6-17(12-15(14)2)23-19(20)22-13-16-4-3-7-21-18(16)24-8-10-25-11-9-24/h3-7,12H,8-11,13H2,1-2H3,(H3,20,22,23). The molecule has 1 aromatic carbocycles. The lowest BCUT2D eigenvalue weighted by Gasteiger charge is -2.29. The number of hydrogen-bond donors (Lipinski definition) is 2.